The Balaban J connectivity index is 3.35. The van der Waals surface area contributed by atoms with Crippen LogP contribution in [0.4, 0.5) is 0 Å². The Kier molecular flexibility index (Phi) is 7.39. The number of hydrogen-bond acceptors (Lipinski definition) is 4. The van der Waals surface area contributed by atoms with Gasteiger partial charge in [0, 0.05) is 12.5 Å². The van der Waals surface area contributed by atoms with Gasteiger partial charge in [0.05, 0.1) is 12.7 Å². The smallest absolute Gasteiger partial charge is 0.116 e. The van der Waals surface area contributed by atoms with E-state index in [9.17, 15) is 0 Å². The highest BCUT2D eigenvalue weighted by Crippen LogP contribution is 2.06. The second kappa shape index (κ2) is 7.49. The molecule has 4 heteroatoms. The molecule has 74 valence electrons. The van der Waals surface area contributed by atoms with Crippen LogP contribution in [0.2, 0.25) is 0 Å². The third-order valence-corrected chi connectivity index (χ3v) is 1.74. The van der Waals surface area contributed by atoms with Crippen molar-refractivity contribution >= 4 is 0 Å². The zero-order chi connectivity index (χ0) is 9.40. The van der Waals surface area contributed by atoms with Gasteiger partial charge in [-0.1, -0.05) is 6.92 Å². The van der Waals surface area contributed by atoms with Crippen molar-refractivity contribution in [1.29, 1.82) is 0 Å². The van der Waals surface area contributed by atoms with Crippen molar-refractivity contribution in [1.82, 2.24) is 5.48 Å². The highest BCUT2D eigenvalue weighted by molar-refractivity contribution is 4.59. The van der Waals surface area contributed by atoms with E-state index in [0.29, 0.717) is 12.5 Å². The number of nitrogens with one attached hydrogen (secondary N) is 1. The lowest BCUT2D eigenvalue weighted by molar-refractivity contribution is -0.0532. The molecule has 0 heterocycles. The molecule has 4 nitrogen and oxygen atoms in total. The molecule has 0 fully saturated rings. The monoisotopic (exact) mass is 177 g/mol. The largest absolute Gasteiger partial charge is 0.379 e. The van der Waals surface area contributed by atoms with E-state index in [-0.39, 0.29) is 12.8 Å². The molecule has 0 aromatic rings. The lowest BCUT2D eigenvalue weighted by Gasteiger charge is -2.19. The molecule has 0 bridgehead atoms. The fourth-order valence-electron chi connectivity index (χ4n) is 0.799. The van der Waals surface area contributed by atoms with E-state index in [1.165, 1.54) is 0 Å². The first-order valence-electron chi connectivity index (χ1n) is 4.29. The Morgan fingerprint density at radius 1 is 1.42 bits per heavy atom. The number of ether oxygens (including phenoxy) is 1. The maximum atomic E-state index is 8.35. The zero-order valence-corrected chi connectivity index (χ0v) is 8.04. The highest BCUT2D eigenvalue weighted by atomic mass is 16.7. The van der Waals surface area contributed by atoms with Gasteiger partial charge in [-0.05, 0) is 13.8 Å². The molecular formula is C8H19NO3. The molecule has 12 heavy (non-hydrogen) atoms. The molecule has 0 saturated carbocycles. The van der Waals surface area contributed by atoms with Gasteiger partial charge in [0.2, 0.25) is 0 Å². The fourth-order valence-corrected chi connectivity index (χ4v) is 0.799. The molecule has 0 aliphatic heterocycles. The molecule has 0 aliphatic carbocycles. The third kappa shape index (κ3) is 5.49. The van der Waals surface area contributed by atoms with E-state index in [0.717, 1.165) is 6.61 Å². The summed E-state index contributed by atoms with van der Waals surface area (Å²) in [5, 5.41) is 8.35. The molecule has 0 saturated heterocycles. The van der Waals surface area contributed by atoms with Crippen molar-refractivity contribution < 1.29 is 14.7 Å². The normalized spacial score (nSPS) is 16.0. The van der Waals surface area contributed by atoms with E-state index < -0.39 is 0 Å². The van der Waals surface area contributed by atoms with E-state index in [1.807, 2.05) is 20.8 Å². The lowest BCUT2D eigenvalue weighted by Crippen LogP contribution is -2.26. The quantitative estimate of drug-likeness (QED) is 0.338. The second-order valence-electron chi connectivity index (χ2n) is 2.75. The van der Waals surface area contributed by atoms with Gasteiger partial charge in [-0.25, -0.2) is 0 Å². The van der Waals surface area contributed by atoms with Crippen LogP contribution in [0.5, 0.6) is 0 Å². The Hall–Kier alpha value is -0.160. The Labute approximate surface area is 73.8 Å². The van der Waals surface area contributed by atoms with Gasteiger partial charge in [-0.2, -0.15) is 5.48 Å². The Bertz CT molecular complexity index is 100. The standard InChI is InChI=1S/C8H19NO3/c1-4-11-8(3)7(2)5-12-9-6-10/h7-10H,4-6H2,1-3H3. The minimum atomic E-state index is -0.157. The van der Waals surface area contributed by atoms with E-state index >= 15 is 0 Å². The lowest BCUT2D eigenvalue weighted by atomic mass is 10.1. The number of aliphatic hydroxyl groups is 1. The summed E-state index contributed by atoms with van der Waals surface area (Å²) in [6.07, 6.45) is 0.190. The van der Waals surface area contributed by atoms with Crippen molar-refractivity contribution in [2.24, 2.45) is 5.92 Å². The molecule has 0 radical (unpaired) electrons. The zero-order valence-electron chi connectivity index (χ0n) is 8.04. The highest BCUT2D eigenvalue weighted by Gasteiger charge is 2.11. The number of rotatable bonds is 7. The van der Waals surface area contributed by atoms with Crippen molar-refractivity contribution in [3.63, 3.8) is 0 Å². The number of aliphatic hydroxyl groups excluding tert-OH is 1. The maximum absolute atomic E-state index is 8.35. The van der Waals surface area contributed by atoms with Crippen LogP contribution in [0, 0.1) is 5.92 Å². The van der Waals surface area contributed by atoms with Crippen LogP contribution in [0.3, 0.4) is 0 Å². The SMILES string of the molecule is CCOC(C)C(C)CONCO. The maximum Gasteiger partial charge on any atom is 0.116 e. The molecule has 0 aliphatic rings. The van der Waals surface area contributed by atoms with Crippen LogP contribution >= 0.6 is 0 Å². The van der Waals surface area contributed by atoms with Gasteiger partial charge in [0.15, 0.2) is 0 Å². The van der Waals surface area contributed by atoms with Crippen molar-refractivity contribution in [2.45, 2.75) is 26.9 Å². The van der Waals surface area contributed by atoms with Crippen molar-refractivity contribution in [2.75, 3.05) is 19.9 Å². The average molecular weight is 177 g/mol. The van der Waals surface area contributed by atoms with Gasteiger partial charge >= 0.3 is 0 Å². The Morgan fingerprint density at radius 3 is 2.58 bits per heavy atom. The molecule has 0 aromatic heterocycles. The van der Waals surface area contributed by atoms with Crippen LogP contribution in [0.1, 0.15) is 20.8 Å². The van der Waals surface area contributed by atoms with Crippen LogP contribution in [-0.2, 0) is 9.57 Å². The van der Waals surface area contributed by atoms with Crippen molar-refractivity contribution in [3.05, 3.63) is 0 Å². The first-order valence-corrected chi connectivity index (χ1v) is 4.29. The average Bonchev–Trinajstić information content (AvgIpc) is 2.05. The van der Waals surface area contributed by atoms with Crippen molar-refractivity contribution in [3.8, 4) is 0 Å². The van der Waals surface area contributed by atoms with Crippen LogP contribution < -0.4 is 5.48 Å². The molecule has 0 spiro atoms. The van der Waals surface area contributed by atoms with Crippen LogP contribution in [0.25, 0.3) is 0 Å². The molecule has 0 rings (SSSR count). The molecule has 2 unspecified atom stereocenters. The number of hydrogen-bond donors (Lipinski definition) is 2. The Morgan fingerprint density at radius 2 is 2.08 bits per heavy atom. The molecule has 0 aromatic carbocycles. The van der Waals surface area contributed by atoms with Gasteiger partial charge in [0.25, 0.3) is 0 Å². The third-order valence-electron chi connectivity index (χ3n) is 1.74. The summed E-state index contributed by atoms with van der Waals surface area (Å²) in [7, 11) is 0. The second-order valence-corrected chi connectivity index (χ2v) is 2.75. The number of hydroxylamine groups is 1. The molecule has 0 amide bonds. The van der Waals surface area contributed by atoms with E-state index in [1.54, 1.807) is 0 Å². The predicted octanol–water partition coefficient (Wildman–Crippen LogP) is 0.518. The topological polar surface area (TPSA) is 50.7 Å². The predicted molar refractivity (Wildman–Crippen MR) is 46.4 cm³/mol. The van der Waals surface area contributed by atoms with Crippen LogP contribution in [-0.4, -0.2) is 31.2 Å². The summed E-state index contributed by atoms with van der Waals surface area (Å²) < 4.78 is 5.36. The summed E-state index contributed by atoms with van der Waals surface area (Å²) in [6, 6.07) is 0. The minimum absolute atomic E-state index is 0.157. The summed E-state index contributed by atoms with van der Waals surface area (Å²) in [6.45, 7) is 7.13. The minimum Gasteiger partial charge on any atom is -0.379 e. The summed E-state index contributed by atoms with van der Waals surface area (Å²) in [5.74, 6) is 0.323. The van der Waals surface area contributed by atoms with Crippen LogP contribution in [0.15, 0.2) is 0 Å². The fraction of sp³-hybridized carbons (Fsp3) is 1.00. The van der Waals surface area contributed by atoms with Gasteiger partial charge in [0.1, 0.15) is 6.73 Å². The first kappa shape index (κ1) is 11.8. The molecule has 2 atom stereocenters. The van der Waals surface area contributed by atoms with E-state index in [4.69, 9.17) is 14.7 Å². The van der Waals surface area contributed by atoms with Gasteiger partial charge < -0.3 is 9.84 Å². The van der Waals surface area contributed by atoms with E-state index in [2.05, 4.69) is 5.48 Å². The van der Waals surface area contributed by atoms with Gasteiger partial charge in [-0.3, -0.25) is 4.84 Å². The summed E-state index contributed by atoms with van der Waals surface area (Å²) >= 11 is 0. The summed E-state index contributed by atoms with van der Waals surface area (Å²) in [5.41, 5.74) is 2.38. The summed E-state index contributed by atoms with van der Waals surface area (Å²) in [4.78, 5) is 4.93. The van der Waals surface area contributed by atoms with Gasteiger partial charge in [-0.15, -0.1) is 0 Å². The molecule has 2 N–H and O–H groups in total. The molecular weight excluding hydrogens is 158 g/mol. The first-order chi connectivity index (χ1) is 5.72.